The molecule has 176 valence electrons. The van der Waals surface area contributed by atoms with Crippen molar-refractivity contribution in [2.45, 2.75) is 26.1 Å². The number of alkyl halides is 3. The molecule has 0 bridgehead atoms. The summed E-state index contributed by atoms with van der Waals surface area (Å²) in [4.78, 5) is 24.9. The molecule has 0 N–H and O–H groups in total. The van der Waals surface area contributed by atoms with E-state index in [4.69, 9.17) is 23.4 Å². The van der Waals surface area contributed by atoms with Gasteiger partial charge in [-0.2, -0.15) is 13.2 Å². The molecule has 0 spiro atoms. The molecular weight excluding hydrogens is 445 g/mol. The molecule has 2 aromatic carbocycles. The van der Waals surface area contributed by atoms with E-state index in [9.17, 15) is 22.8 Å². The zero-order valence-electron chi connectivity index (χ0n) is 18.2. The second kappa shape index (κ2) is 9.43. The van der Waals surface area contributed by atoms with Gasteiger partial charge in [-0.05, 0) is 43.7 Å². The first-order valence-electron chi connectivity index (χ1n) is 9.84. The van der Waals surface area contributed by atoms with Crippen molar-refractivity contribution in [2.24, 2.45) is 0 Å². The van der Waals surface area contributed by atoms with Crippen LogP contribution in [-0.4, -0.2) is 32.9 Å². The number of rotatable bonds is 7. The van der Waals surface area contributed by atoms with E-state index in [1.165, 1.54) is 51.5 Å². The molecule has 7 nitrogen and oxygen atoms in total. The number of methoxy groups -OCH3 is 2. The van der Waals surface area contributed by atoms with Crippen LogP contribution < -0.4 is 19.6 Å². The molecule has 1 heterocycles. The zero-order valence-corrected chi connectivity index (χ0v) is 18.2. The van der Waals surface area contributed by atoms with Gasteiger partial charge >= 0.3 is 12.1 Å². The summed E-state index contributed by atoms with van der Waals surface area (Å²) in [6.45, 7) is 3.20. The van der Waals surface area contributed by atoms with Crippen molar-refractivity contribution >= 4 is 16.9 Å². The number of benzene rings is 2. The summed E-state index contributed by atoms with van der Waals surface area (Å²) in [5, 5.41) is -0.0936. The Kier molecular flexibility index (Phi) is 6.85. The average Bonchev–Trinajstić information content (AvgIpc) is 2.77. The minimum absolute atomic E-state index is 0.0400. The van der Waals surface area contributed by atoms with Crippen LogP contribution in [-0.2, 0) is 15.7 Å². The summed E-state index contributed by atoms with van der Waals surface area (Å²) in [6.07, 6.45) is -5.98. The van der Waals surface area contributed by atoms with Gasteiger partial charge in [-0.15, -0.1) is 0 Å². The van der Waals surface area contributed by atoms with Crippen LogP contribution in [0.2, 0.25) is 0 Å². The molecule has 3 rings (SSSR count). The molecule has 3 aromatic rings. The van der Waals surface area contributed by atoms with Crippen LogP contribution in [0, 0.1) is 0 Å². The SMILES string of the molecule is CCOC(=O)[C@@H](C)Oc1ccc2c(=O)c(-c3ccc(OC)c(OC)c3)c(C(F)(F)F)oc2c1. The van der Waals surface area contributed by atoms with E-state index in [2.05, 4.69) is 0 Å². The molecule has 0 fully saturated rings. The van der Waals surface area contributed by atoms with Crippen LogP contribution in [0.3, 0.4) is 0 Å². The van der Waals surface area contributed by atoms with E-state index < -0.39 is 35.0 Å². The fourth-order valence-electron chi connectivity index (χ4n) is 3.21. The van der Waals surface area contributed by atoms with Gasteiger partial charge in [0.15, 0.2) is 17.6 Å². The highest BCUT2D eigenvalue weighted by Crippen LogP contribution is 2.40. The van der Waals surface area contributed by atoms with Crippen molar-refractivity contribution < 1.29 is 41.3 Å². The largest absolute Gasteiger partial charge is 0.493 e. The van der Waals surface area contributed by atoms with Crippen molar-refractivity contribution in [3.05, 3.63) is 52.4 Å². The van der Waals surface area contributed by atoms with Gasteiger partial charge in [0.2, 0.25) is 11.2 Å². The molecule has 0 aliphatic heterocycles. The lowest BCUT2D eigenvalue weighted by Gasteiger charge is -2.16. The van der Waals surface area contributed by atoms with E-state index in [0.29, 0.717) is 0 Å². The lowest BCUT2D eigenvalue weighted by Crippen LogP contribution is -2.26. The Labute approximate surface area is 186 Å². The van der Waals surface area contributed by atoms with Crippen molar-refractivity contribution in [1.29, 1.82) is 0 Å². The Morgan fingerprint density at radius 1 is 1.06 bits per heavy atom. The molecule has 0 amide bonds. The third-order valence-electron chi connectivity index (χ3n) is 4.72. The van der Waals surface area contributed by atoms with Crippen molar-refractivity contribution in [3.63, 3.8) is 0 Å². The highest BCUT2D eigenvalue weighted by atomic mass is 19.4. The Hall–Kier alpha value is -3.69. The predicted molar refractivity (Wildman–Crippen MR) is 113 cm³/mol. The van der Waals surface area contributed by atoms with Gasteiger partial charge in [0, 0.05) is 6.07 Å². The van der Waals surface area contributed by atoms with Crippen LogP contribution >= 0.6 is 0 Å². The van der Waals surface area contributed by atoms with E-state index in [0.717, 1.165) is 6.07 Å². The zero-order chi connectivity index (χ0) is 24.3. The number of fused-ring (bicyclic) bond motifs is 1. The molecule has 1 atom stereocenters. The van der Waals surface area contributed by atoms with E-state index in [1.807, 2.05) is 0 Å². The van der Waals surface area contributed by atoms with Gasteiger partial charge < -0.3 is 23.4 Å². The van der Waals surface area contributed by atoms with Crippen LogP contribution in [0.4, 0.5) is 13.2 Å². The summed E-state index contributed by atoms with van der Waals surface area (Å²) in [5.41, 5.74) is -1.94. The summed E-state index contributed by atoms with van der Waals surface area (Å²) in [6, 6.07) is 7.74. The van der Waals surface area contributed by atoms with Crippen molar-refractivity contribution in [1.82, 2.24) is 0 Å². The number of esters is 1. The van der Waals surface area contributed by atoms with Crippen molar-refractivity contribution in [3.8, 4) is 28.4 Å². The van der Waals surface area contributed by atoms with Crippen LogP contribution in [0.25, 0.3) is 22.1 Å². The summed E-state index contributed by atoms with van der Waals surface area (Å²) in [5.74, 6) is -1.63. The number of hydrogen-bond donors (Lipinski definition) is 0. The van der Waals surface area contributed by atoms with E-state index >= 15 is 0 Å². The Bertz CT molecular complexity index is 1230. The summed E-state index contributed by atoms with van der Waals surface area (Å²) >= 11 is 0. The molecule has 0 aliphatic rings. The number of hydrogen-bond acceptors (Lipinski definition) is 7. The number of halogens is 3. The average molecular weight is 466 g/mol. The Morgan fingerprint density at radius 2 is 1.76 bits per heavy atom. The fraction of sp³-hybridized carbons (Fsp3) is 0.304. The Balaban J connectivity index is 2.17. The third-order valence-corrected chi connectivity index (χ3v) is 4.72. The lowest BCUT2D eigenvalue weighted by atomic mass is 10.0. The predicted octanol–water partition coefficient (Wildman–Crippen LogP) is 4.83. The highest BCUT2D eigenvalue weighted by Gasteiger charge is 2.39. The molecule has 1 aromatic heterocycles. The monoisotopic (exact) mass is 466 g/mol. The van der Waals surface area contributed by atoms with Gasteiger partial charge in [-0.25, -0.2) is 4.79 Å². The standard InChI is InChI=1S/C23H21F3O7/c1-5-31-22(28)12(2)32-14-7-8-15-17(11-14)33-21(23(24,25)26)19(20(15)27)13-6-9-16(29-3)18(10-13)30-4/h6-12H,5H2,1-4H3/t12-/m1/s1. The third kappa shape index (κ3) is 4.89. The first kappa shape index (κ1) is 24.0. The van der Waals surface area contributed by atoms with E-state index in [1.54, 1.807) is 6.92 Å². The van der Waals surface area contributed by atoms with Crippen LogP contribution in [0.15, 0.2) is 45.6 Å². The van der Waals surface area contributed by atoms with Gasteiger partial charge in [0.25, 0.3) is 0 Å². The molecule has 0 unspecified atom stereocenters. The van der Waals surface area contributed by atoms with Gasteiger partial charge in [0.1, 0.15) is 11.3 Å². The topological polar surface area (TPSA) is 84.2 Å². The molecule has 0 saturated heterocycles. The van der Waals surface area contributed by atoms with Crippen LogP contribution in [0.1, 0.15) is 19.6 Å². The lowest BCUT2D eigenvalue weighted by molar-refractivity contribution is -0.152. The number of carbonyl (C=O) groups excluding carboxylic acids is 1. The first-order chi connectivity index (χ1) is 15.6. The normalized spacial score (nSPS) is 12.3. The molecule has 0 saturated carbocycles. The molecule has 33 heavy (non-hydrogen) atoms. The van der Waals surface area contributed by atoms with Gasteiger partial charge in [-0.1, -0.05) is 6.07 Å². The smallest absolute Gasteiger partial charge is 0.450 e. The van der Waals surface area contributed by atoms with Crippen molar-refractivity contribution in [2.75, 3.05) is 20.8 Å². The van der Waals surface area contributed by atoms with Gasteiger partial charge in [0.05, 0.1) is 31.8 Å². The molecule has 10 heteroatoms. The maximum absolute atomic E-state index is 13.9. The summed E-state index contributed by atoms with van der Waals surface area (Å²) < 4.78 is 67.3. The number of carbonyl (C=O) groups is 1. The first-order valence-corrected chi connectivity index (χ1v) is 9.84. The minimum Gasteiger partial charge on any atom is -0.493 e. The van der Waals surface area contributed by atoms with E-state index in [-0.39, 0.29) is 40.4 Å². The highest BCUT2D eigenvalue weighted by molar-refractivity contribution is 5.84. The Morgan fingerprint density at radius 3 is 2.36 bits per heavy atom. The maximum Gasteiger partial charge on any atom is 0.450 e. The second-order valence-electron chi connectivity index (χ2n) is 6.87. The maximum atomic E-state index is 13.9. The second-order valence-corrected chi connectivity index (χ2v) is 6.87. The molecule has 0 radical (unpaired) electrons. The van der Waals surface area contributed by atoms with Gasteiger partial charge in [-0.3, -0.25) is 4.79 Å². The quantitative estimate of drug-likeness (QED) is 0.462. The molecule has 0 aliphatic carbocycles. The minimum atomic E-state index is -4.97. The molecular formula is C23H21F3O7. The fourth-order valence-corrected chi connectivity index (χ4v) is 3.21. The summed E-state index contributed by atoms with van der Waals surface area (Å²) in [7, 11) is 2.71. The number of ether oxygens (including phenoxy) is 4. The van der Waals surface area contributed by atoms with Crippen LogP contribution in [0.5, 0.6) is 17.2 Å².